The van der Waals surface area contributed by atoms with Gasteiger partial charge >= 0.3 is 0 Å². The van der Waals surface area contributed by atoms with Gasteiger partial charge in [0.1, 0.15) is 48.8 Å². The normalized spacial score (nSPS) is 53.2. The van der Waals surface area contributed by atoms with Crippen molar-refractivity contribution in [3.05, 3.63) is 0 Å². The minimum atomic E-state index is -1.63. The van der Waals surface area contributed by atoms with Gasteiger partial charge in [-0.05, 0) is 92.8 Å². The lowest BCUT2D eigenvalue weighted by Gasteiger charge is -2.61. The lowest BCUT2D eigenvalue weighted by Crippen LogP contribution is -2.68. The van der Waals surface area contributed by atoms with Gasteiger partial charge in [-0.1, -0.05) is 20.3 Å². The number of hydrogen-bond donors (Lipinski definition) is 10. The van der Waals surface area contributed by atoms with Crippen molar-refractivity contribution in [1.82, 2.24) is 0 Å². The molecule has 12 unspecified atom stereocenters. The monoisotopic (exact) mass is 647 g/mol. The summed E-state index contributed by atoms with van der Waals surface area (Å²) in [5.74, 6) is 1.59. The Kier molecular flexibility index (Phi) is 11.2. The second-order valence-electron chi connectivity index (χ2n) is 15.1. The van der Waals surface area contributed by atoms with Crippen LogP contribution >= 0.6 is 0 Å². The Hall–Kier alpha value is -0.520. The number of ether oxygens (including phenoxy) is 3. The number of hydrogen-bond acceptors (Lipinski definition) is 13. The molecule has 0 aromatic heterocycles. The summed E-state index contributed by atoms with van der Waals surface area (Å²) in [6.45, 7) is 3.53. The molecule has 2 aliphatic heterocycles. The van der Waals surface area contributed by atoms with Crippen LogP contribution in [0.4, 0.5) is 0 Å². The van der Waals surface area contributed by atoms with Gasteiger partial charge in [-0.15, -0.1) is 0 Å². The van der Waals surface area contributed by atoms with Gasteiger partial charge in [-0.25, -0.2) is 0 Å². The van der Waals surface area contributed by atoms with E-state index in [1.54, 1.807) is 0 Å². The van der Waals surface area contributed by atoms with Crippen molar-refractivity contribution in [3.8, 4) is 0 Å². The molecule has 0 aromatic carbocycles. The van der Waals surface area contributed by atoms with E-state index in [0.717, 1.165) is 51.4 Å². The zero-order valence-corrected chi connectivity index (χ0v) is 26.5. The summed E-state index contributed by atoms with van der Waals surface area (Å²) >= 11 is 0. The topological polar surface area (TPSA) is 236 Å². The summed E-state index contributed by atoms with van der Waals surface area (Å²) in [4.78, 5) is 0. The summed E-state index contributed by atoms with van der Waals surface area (Å²) in [5.41, 5.74) is 5.78. The highest BCUT2D eigenvalue weighted by Crippen LogP contribution is 2.62. The van der Waals surface area contributed by atoms with Crippen LogP contribution in [-0.2, 0) is 14.2 Å². The van der Waals surface area contributed by atoms with E-state index in [-0.39, 0.29) is 11.3 Å². The fraction of sp³-hybridized carbons (Fsp3) is 1.00. The van der Waals surface area contributed by atoms with Crippen LogP contribution in [0.25, 0.3) is 0 Å². The van der Waals surface area contributed by atoms with Crippen molar-refractivity contribution in [2.75, 3.05) is 13.2 Å². The van der Waals surface area contributed by atoms with Crippen LogP contribution in [-0.4, -0.2) is 132 Å². The van der Waals surface area contributed by atoms with Crippen molar-refractivity contribution in [1.29, 1.82) is 0 Å². The van der Waals surface area contributed by atoms with Crippen LogP contribution in [0.15, 0.2) is 0 Å². The maximum absolute atomic E-state index is 11.5. The number of aliphatic hydroxyl groups is 9. The average molecular weight is 648 g/mol. The fourth-order valence-corrected chi connectivity index (χ4v) is 10.0. The van der Waals surface area contributed by atoms with Gasteiger partial charge in [0.05, 0.1) is 24.9 Å². The van der Waals surface area contributed by atoms with E-state index in [4.69, 9.17) is 19.9 Å². The molecule has 5 rings (SSSR count). The van der Waals surface area contributed by atoms with E-state index < -0.39 is 86.3 Å². The smallest absolute Gasteiger partial charge is 0.189 e. The van der Waals surface area contributed by atoms with Crippen molar-refractivity contribution < 1.29 is 60.2 Å². The van der Waals surface area contributed by atoms with E-state index in [2.05, 4.69) is 13.8 Å². The average Bonchev–Trinajstić information content (AvgIpc) is 3.18. The Balaban J connectivity index is 1.25. The first kappa shape index (κ1) is 35.8. The summed E-state index contributed by atoms with van der Waals surface area (Å²) in [6, 6.07) is 0. The molecular weight excluding hydrogens is 590 g/mol. The molecule has 0 radical (unpaired) electrons. The van der Waals surface area contributed by atoms with E-state index in [0.29, 0.717) is 36.5 Å². The molecule has 3 saturated carbocycles. The Labute approximate surface area is 265 Å². The second kappa shape index (κ2) is 14.1. The Morgan fingerprint density at radius 1 is 0.778 bits per heavy atom. The number of nitrogens with two attached hydrogens (primary N) is 1. The predicted molar refractivity (Wildman–Crippen MR) is 159 cm³/mol. The SMILES string of the molecule is C[C@H]1CC2CC[C@H]3[C@@](C)(CCC[C@@]3(N)C(O)OC3OC(CO)C(O)C(O)C3O)[C@@H]2CC[C@H]1CCC1OC(CO)C(O)C(O)C1O. The quantitative estimate of drug-likeness (QED) is 0.138. The standard InChI is InChI=1S/C32H57NO12/c1-15-12-17-6-9-22-31(2,18(17)7-4-16(15)5-8-19-23(36)26(39)24(37)20(13-34)43-19)10-3-11-32(22,33)30(42)45-29-28(41)27(40)25(38)21(14-35)44-29/h15-30,34-42H,3-14,33H2,1-2H3/t15-,16-,17?,18+,19?,20?,21?,22-,23?,24?,25?,26?,27?,28?,29?,30?,31-,32-/m0/s1. The van der Waals surface area contributed by atoms with E-state index >= 15 is 0 Å². The second-order valence-corrected chi connectivity index (χ2v) is 15.1. The molecule has 18 atom stereocenters. The maximum atomic E-state index is 11.5. The van der Waals surface area contributed by atoms with Crippen LogP contribution in [0, 0.1) is 35.0 Å². The van der Waals surface area contributed by atoms with Gasteiger partial charge < -0.3 is 65.9 Å². The van der Waals surface area contributed by atoms with Gasteiger partial charge in [0.2, 0.25) is 0 Å². The third-order valence-corrected chi connectivity index (χ3v) is 12.7. The molecule has 0 amide bonds. The number of aliphatic hydroxyl groups excluding tert-OH is 9. The minimum absolute atomic E-state index is 0.0686. The highest BCUT2D eigenvalue weighted by Gasteiger charge is 2.60. The molecule has 0 aromatic rings. The Bertz CT molecular complexity index is 974. The Morgan fingerprint density at radius 2 is 1.40 bits per heavy atom. The van der Waals surface area contributed by atoms with E-state index in [9.17, 15) is 46.0 Å². The largest absolute Gasteiger partial charge is 0.394 e. The van der Waals surface area contributed by atoms with Gasteiger partial charge in [-0.2, -0.15) is 0 Å². The lowest BCUT2D eigenvalue weighted by molar-refractivity contribution is -0.346. The van der Waals surface area contributed by atoms with Gasteiger partial charge in [0, 0.05) is 0 Å². The maximum Gasteiger partial charge on any atom is 0.189 e. The first-order chi connectivity index (χ1) is 21.3. The zero-order chi connectivity index (χ0) is 32.8. The summed E-state index contributed by atoms with van der Waals surface area (Å²) < 4.78 is 17.1. The van der Waals surface area contributed by atoms with Gasteiger partial charge in [-0.3, -0.25) is 0 Å². The molecule has 13 heteroatoms. The van der Waals surface area contributed by atoms with Crippen molar-refractivity contribution in [2.24, 2.45) is 40.7 Å². The number of fused-ring (bicyclic) bond motifs is 3. The lowest BCUT2D eigenvalue weighted by atomic mass is 9.47. The minimum Gasteiger partial charge on any atom is -0.394 e. The first-order valence-electron chi connectivity index (χ1n) is 17.0. The molecule has 0 bridgehead atoms. The highest BCUT2D eigenvalue weighted by atomic mass is 16.7. The zero-order valence-electron chi connectivity index (χ0n) is 26.5. The van der Waals surface area contributed by atoms with Crippen molar-refractivity contribution >= 4 is 0 Å². The van der Waals surface area contributed by atoms with E-state index in [1.165, 1.54) is 0 Å². The van der Waals surface area contributed by atoms with Crippen LogP contribution in [0.3, 0.4) is 0 Å². The molecule has 13 nitrogen and oxygen atoms in total. The molecule has 0 spiro atoms. The molecule has 45 heavy (non-hydrogen) atoms. The first-order valence-corrected chi connectivity index (χ1v) is 17.0. The van der Waals surface area contributed by atoms with Crippen LogP contribution < -0.4 is 5.73 Å². The van der Waals surface area contributed by atoms with Gasteiger partial charge in [0.25, 0.3) is 0 Å². The molecule has 262 valence electrons. The molecule has 2 saturated heterocycles. The summed E-state index contributed by atoms with van der Waals surface area (Å²) in [7, 11) is 0. The fourth-order valence-electron chi connectivity index (χ4n) is 10.0. The summed E-state index contributed by atoms with van der Waals surface area (Å²) in [6.07, 6.45) is -6.05. The molecular formula is C32H57NO12. The Morgan fingerprint density at radius 3 is 2.07 bits per heavy atom. The van der Waals surface area contributed by atoms with Crippen molar-refractivity contribution in [3.63, 3.8) is 0 Å². The highest BCUT2D eigenvalue weighted by molar-refractivity contribution is 5.11. The van der Waals surface area contributed by atoms with Crippen LogP contribution in [0.5, 0.6) is 0 Å². The summed E-state index contributed by atoms with van der Waals surface area (Å²) in [5, 5.41) is 92.4. The molecule has 2 heterocycles. The molecule has 3 aliphatic carbocycles. The third-order valence-electron chi connectivity index (χ3n) is 12.7. The molecule has 11 N–H and O–H groups in total. The van der Waals surface area contributed by atoms with Gasteiger partial charge in [0.15, 0.2) is 12.6 Å². The third kappa shape index (κ3) is 6.60. The number of rotatable bonds is 8. The van der Waals surface area contributed by atoms with Crippen LogP contribution in [0.1, 0.15) is 78.1 Å². The molecule has 5 aliphatic rings. The molecule has 5 fully saturated rings. The predicted octanol–water partition coefficient (Wildman–Crippen LogP) is -1.29. The van der Waals surface area contributed by atoms with Crippen LogP contribution in [0.2, 0.25) is 0 Å². The van der Waals surface area contributed by atoms with Crippen molar-refractivity contribution in [2.45, 2.75) is 151 Å². The van der Waals surface area contributed by atoms with E-state index in [1.807, 2.05) is 0 Å².